The Morgan fingerprint density at radius 2 is 0.919 bits per heavy atom. The fourth-order valence-electron chi connectivity index (χ4n) is 5.22. The second-order valence-corrected chi connectivity index (χ2v) is 9.29. The molecule has 0 unspecified atom stereocenters. The van der Waals surface area contributed by atoms with Crippen LogP contribution in [-0.4, -0.2) is 10.2 Å². The lowest BCUT2D eigenvalue weighted by Gasteiger charge is -2.23. The van der Waals surface area contributed by atoms with E-state index in [4.69, 9.17) is 0 Å². The second kappa shape index (κ2) is 9.67. The number of fused-ring (bicyclic) bond motifs is 1. The molecule has 0 atom stereocenters. The highest BCUT2D eigenvalue weighted by molar-refractivity contribution is 5.87. The topological polar surface area (TPSA) is 40.5 Å². The summed E-state index contributed by atoms with van der Waals surface area (Å²) < 4.78 is 0. The number of hydrogen-bond donors (Lipinski definition) is 2. The van der Waals surface area contributed by atoms with Crippen LogP contribution in [0.15, 0.2) is 140 Å². The van der Waals surface area contributed by atoms with Crippen molar-refractivity contribution in [3.8, 4) is 33.8 Å². The fourth-order valence-corrected chi connectivity index (χ4v) is 5.22. The molecule has 0 saturated carbocycles. The van der Waals surface area contributed by atoms with Crippen molar-refractivity contribution < 1.29 is 10.2 Å². The summed E-state index contributed by atoms with van der Waals surface area (Å²) in [5.74, 6) is 0.391. The largest absolute Gasteiger partial charge is 0.507 e. The van der Waals surface area contributed by atoms with Crippen molar-refractivity contribution in [2.24, 2.45) is 0 Å². The molecule has 0 spiro atoms. The number of hydrogen-bond acceptors (Lipinski definition) is 2. The summed E-state index contributed by atoms with van der Waals surface area (Å²) in [7, 11) is 0. The molecular formula is C35H26O2. The predicted molar refractivity (Wildman–Crippen MR) is 152 cm³/mol. The van der Waals surface area contributed by atoms with E-state index in [9.17, 15) is 10.2 Å². The molecule has 0 amide bonds. The molecule has 6 aromatic carbocycles. The van der Waals surface area contributed by atoms with E-state index in [2.05, 4.69) is 54.6 Å². The summed E-state index contributed by atoms with van der Waals surface area (Å²) in [6.07, 6.45) is 0. The van der Waals surface area contributed by atoms with Gasteiger partial charge in [0.2, 0.25) is 0 Å². The molecule has 0 radical (unpaired) electrons. The van der Waals surface area contributed by atoms with Crippen molar-refractivity contribution in [1.82, 2.24) is 0 Å². The summed E-state index contributed by atoms with van der Waals surface area (Å²) in [4.78, 5) is 0. The average Bonchev–Trinajstić information content (AvgIpc) is 2.96. The van der Waals surface area contributed by atoms with Crippen LogP contribution in [0.1, 0.15) is 22.6 Å². The van der Waals surface area contributed by atoms with E-state index in [0.717, 1.165) is 33.4 Å². The van der Waals surface area contributed by atoms with Crippen LogP contribution in [0.4, 0.5) is 0 Å². The quantitative estimate of drug-likeness (QED) is 0.243. The van der Waals surface area contributed by atoms with Crippen LogP contribution in [0.5, 0.6) is 11.5 Å². The van der Waals surface area contributed by atoms with Gasteiger partial charge in [-0.1, -0.05) is 115 Å². The lowest BCUT2D eigenvalue weighted by molar-refractivity contribution is 0.477. The Hall–Kier alpha value is -4.82. The van der Waals surface area contributed by atoms with Crippen molar-refractivity contribution in [1.29, 1.82) is 0 Å². The molecule has 0 bridgehead atoms. The lowest BCUT2D eigenvalue weighted by atomic mass is 9.81. The maximum atomic E-state index is 10.8. The molecule has 6 aromatic rings. The first kappa shape index (κ1) is 22.6. The van der Waals surface area contributed by atoms with Crippen LogP contribution in [0.25, 0.3) is 33.0 Å². The molecule has 0 heterocycles. The van der Waals surface area contributed by atoms with E-state index < -0.39 is 0 Å². The number of benzene rings is 6. The molecule has 6 rings (SSSR count). The maximum Gasteiger partial charge on any atom is 0.123 e. The zero-order valence-electron chi connectivity index (χ0n) is 20.3. The predicted octanol–water partition coefficient (Wildman–Crippen LogP) is 8.77. The standard InChI is InChI=1S/C35H26O2/c36-33-20-18-27(22-31(33)25-10-3-1-4-11-25)35(30-17-9-15-24-14-7-8-16-29(24)30)28-19-21-34(37)32(23-28)26-12-5-2-6-13-26/h1-23,35-37H. The van der Waals surface area contributed by atoms with E-state index in [1.807, 2.05) is 72.8 Å². The smallest absolute Gasteiger partial charge is 0.123 e. The third kappa shape index (κ3) is 4.34. The first-order chi connectivity index (χ1) is 18.2. The Labute approximate surface area is 216 Å². The van der Waals surface area contributed by atoms with Crippen LogP contribution in [-0.2, 0) is 0 Å². The Balaban J connectivity index is 1.60. The summed E-state index contributed by atoms with van der Waals surface area (Å²) in [5.41, 5.74) is 6.84. The fraction of sp³-hybridized carbons (Fsp3) is 0.0286. The van der Waals surface area contributed by atoms with Gasteiger partial charge in [-0.05, 0) is 62.9 Å². The zero-order valence-corrected chi connectivity index (χ0v) is 20.3. The summed E-state index contributed by atoms with van der Waals surface area (Å²) >= 11 is 0. The van der Waals surface area contributed by atoms with Gasteiger partial charge in [0.05, 0.1) is 0 Å². The van der Waals surface area contributed by atoms with Gasteiger partial charge in [0.25, 0.3) is 0 Å². The van der Waals surface area contributed by atoms with Gasteiger partial charge >= 0.3 is 0 Å². The van der Waals surface area contributed by atoms with Crippen LogP contribution >= 0.6 is 0 Å². The molecule has 0 aliphatic carbocycles. The van der Waals surface area contributed by atoms with E-state index >= 15 is 0 Å². The van der Waals surface area contributed by atoms with Gasteiger partial charge < -0.3 is 10.2 Å². The van der Waals surface area contributed by atoms with Crippen LogP contribution in [0, 0.1) is 0 Å². The van der Waals surface area contributed by atoms with Crippen molar-refractivity contribution in [3.05, 3.63) is 156 Å². The molecule has 0 aromatic heterocycles. The molecule has 0 aliphatic rings. The number of rotatable bonds is 5. The average molecular weight is 479 g/mol. The Bertz CT molecular complexity index is 1590. The Morgan fingerprint density at radius 3 is 1.49 bits per heavy atom. The van der Waals surface area contributed by atoms with E-state index in [1.165, 1.54) is 16.3 Å². The molecule has 2 nitrogen and oxygen atoms in total. The first-order valence-electron chi connectivity index (χ1n) is 12.4. The highest BCUT2D eigenvalue weighted by atomic mass is 16.3. The molecule has 0 aliphatic heterocycles. The molecule has 0 fully saturated rings. The number of phenols is 2. The monoisotopic (exact) mass is 478 g/mol. The van der Waals surface area contributed by atoms with Crippen molar-refractivity contribution in [2.75, 3.05) is 0 Å². The van der Waals surface area contributed by atoms with E-state index in [1.54, 1.807) is 12.1 Å². The van der Waals surface area contributed by atoms with E-state index in [0.29, 0.717) is 0 Å². The summed E-state index contributed by atoms with van der Waals surface area (Å²) in [5, 5.41) is 23.9. The van der Waals surface area contributed by atoms with Gasteiger partial charge in [-0.3, -0.25) is 0 Å². The van der Waals surface area contributed by atoms with Gasteiger partial charge in [-0.25, -0.2) is 0 Å². The van der Waals surface area contributed by atoms with Crippen molar-refractivity contribution in [3.63, 3.8) is 0 Å². The highest BCUT2D eigenvalue weighted by Crippen LogP contribution is 2.42. The molecular weight excluding hydrogens is 452 g/mol. The normalized spacial score (nSPS) is 11.2. The van der Waals surface area contributed by atoms with Gasteiger partial charge in [-0.15, -0.1) is 0 Å². The lowest BCUT2D eigenvalue weighted by Crippen LogP contribution is -2.05. The molecule has 37 heavy (non-hydrogen) atoms. The minimum atomic E-state index is -0.114. The van der Waals surface area contributed by atoms with Crippen molar-refractivity contribution in [2.45, 2.75) is 5.92 Å². The number of phenolic OH excluding ortho intramolecular Hbond substituents is 2. The minimum absolute atomic E-state index is 0.114. The van der Waals surface area contributed by atoms with E-state index in [-0.39, 0.29) is 17.4 Å². The molecule has 2 N–H and O–H groups in total. The third-order valence-electron chi connectivity index (χ3n) is 7.01. The SMILES string of the molecule is Oc1ccc(C(c2ccc(O)c(-c3ccccc3)c2)c2cccc3ccccc23)cc1-c1ccccc1. The highest BCUT2D eigenvalue weighted by Gasteiger charge is 2.22. The Morgan fingerprint density at radius 1 is 0.432 bits per heavy atom. The van der Waals surface area contributed by atoms with Gasteiger partial charge in [-0.2, -0.15) is 0 Å². The molecule has 2 heteroatoms. The Kier molecular flexibility index (Phi) is 5.92. The second-order valence-electron chi connectivity index (χ2n) is 9.29. The zero-order chi connectivity index (χ0) is 25.2. The number of aromatic hydroxyl groups is 2. The first-order valence-corrected chi connectivity index (χ1v) is 12.4. The summed E-state index contributed by atoms with van der Waals surface area (Å²) in [6.45, 7) is 0. The minimum Gasteiger partial charge on any atom is -0.507 e. The third-order valence-corrected chi connectivity index (χ3v) is 7.01. The van der Waals surface area contributed by atoms with Crippen LogP contribution in [0.3, 0.4) is 0 Å². The molecule has 178 valence electrons. The van der Waals surface area contributed by atoms with Gasteiger partial charge in [0, 0.05) is 17.0 Å². The summed E-state index contributed by atoms with van der Waals surface area (Å²) in [6, 6.07) is 46.5. The van der Waals surface area contributed by atoms with Gasteiger partial charge in [0.15, 0.2) is 0 Å². The van der Waals surface area contributed by atoms with Crippen LogP contribution in [0.2, 0.25) is 0 Å². The molecule has 0 saturated heterocycles. The van der Waals surface area contributed by atoms with Crippen molar-refractivity contribution >= 4 is 10.8 Å². The van der Waals surface area contributed by atoms with Crippen LogP contribution < -0.4 is 0 Å². The van der Waals surface area contributed by atoms with Gasteiger partial charge in [0.1, 0.15) is 11.5 Å². The maximum absolute atomic E-state index is 10.8.